The molecule has 1 atom stereocenters. The molecule has 0 aliphatic carbocycles. The summed E-state index contributed by atoms with van der Waals surface area (Å²) in [5, 5.41) is 2.86. The van der Waals surface area contributed by atoms with Crippen molar-refractivity contribution < 1.29 is 13.2 Å². The molecule has 0 saturated heterocycles. The number of thioether (sulfide) groups is 1. The van der Waals surface area contributed by atoms with E-state index in [2.05, 4.69) is 24.4 Å². The summed E-state index contributed by atoms with van der Waals surface area (Å²) in [6.07, 6.45) is 2.00. The Morgan fingerprint density at radius 2 is 1.79 bits per heavy atom. The van der Waals surface area contributed by atoms with Crippen LogP contribution in [0.25, 0.3) is 0 Å². The summed E-state index contributed by atoms with van der Waals surface area (Å²) in [5.74, 6) is 1.35. The number of carbonyl (C=O) groups excluding carboxylic acids is 1. The molecule has 0 heterocycles. The molecule has 0 spiro atoms. The van der Waals surface area contributed by atoms with Crippen LogP contribution in [0, 0.1) is 6.92 Å². The average Bonchev–Trinajstić information content (AvgIpc) is 2.68. The van der Waals surface area contributed by atoms with E-state index in [0.717, 1.165) is 29.7 Å². The molecular weight excluding hydrogens is 404 g/mol. The number of amides is 1. The van der Waals surface area contributed by atoms with Crippen molar-refractivity contribution in [3.8, 4) is 0 Å². The lowest BCUT2D eigenvalue weighted by Crippen LogP contribution is -2.48. The third kappa shape index (κ3) is 6.78. The van der Waals surface area contributed by atoms with Crippen LogP contribution < -0.4 is 9.62 Å². The number of benzene rings is 2. The molecule has 7 heteroatoms. The van der Waals surface area contributed by atoms with E-state index in [0.29, 0.717) is 12.2 Å². The van der Waals surface area contributed by atoms with Crippen molar-refractivity contribution in [3.63, 3.8) is 0 Å². The number of aryl methyl sites for hydroxylation is 2. The highest BCUT2D eigenvalue weighted by Crippen LogP contribution is 2.22. The minimum absolute atomic E-state index is 0.300. The number of hydrogen-bond acceptors (Lipinski definition) is 4. The number of nitrogens with one attached hydrogen (secondary N) is 1. The minimum atomic E-state index is -3.59. The third-order valence-electron chi connectivity index (χ3n) is 4.75. The molecule has 0 fully saturated rings. The first-order chi connectivity index (χ1) is 13.7. The normalized spacial score (nSPS) is 12.4. The van der Waals surface area contributed by atoms with Gasteiger partial charge in [-0.25, -0.2) is 8.42 Å². The summed E-state index contributed by atoms with van der Waals surface area (Å²) in [4.78, 5) is 12.6. The Hall–Kier alpha value is -1.99. The van der Waals surface area contributed by atoms with Crippen LogP contribution in [0.4, 0.5) is 5.69 Å². The zero-order chi connectivity index (χ0) is 21.4. The molecule has 5 nitrogen and oxygen atoms in total. The van der Waals surface area contributed by atoms with E-state index in [1.807, 2.05) is 31.2 Å². The molecule has 0 aliphatic heterocycles. The van der Waals surface area contributed by atoms with Crippen LogP contribution in [0.5, 0.6) is 0 Å². The second kappa shape index (κ2) is 10.7. The first-order valence-electron chi connectivity index (χ1n) is 9.72. The molecule has 0 unspecified atom stereocenters. The van der Waals surface area contributed by atoms with Gasteiger partial charge in [-0.2, -0.15) is 11.8 Å². The standard InChI is InChI=1S/C22H30N2O3S2/c1-5-19-10-12-21(13-11-19)24(29(4,26)27)18(3)22(25)23-14-15-28-16-20-9-7-6-8-17(20)2/h6-13,18H,5,14-16H2,1-4H3,(H,23,25)/t18-/m0/s1. The topological polar surface area (TPSA) is 66.5 Å². The number of sulfonamides is 1. The first kappa shape index (κ1) is 23.3. The van der Waals surface area contributed by atoms with Crippen molar-refractivity contribution in [1.82, 2.24) is 5.32 Å². The van der Waals surface area contributed by atoms with Crippen molar-refractivity contribution in [3.05, 3.63) is 65.2 Å². The fraction of sp³-hybridized carbons (Fsp3) is 0.409. The number of carbonyl (C=O) groups is 1. The Kier molecular flexibility index (Phi) is 8.59. The van der Waals surface area contributed by atoms with E-state index in [4.69, 9.17) is 0 Å². The molecule has 0 aliphatic rings. The second-order valence-corrected chi connectivity index (χ2v) is 9.99. The van der Waals surface area contributed by atoms with Crippen molar-refractivity contribution in [2.24, 2.45) is 0 Å². The summed E-state index contributed by atoms with van der Waals surface area (Å²) in [5.41, 5.74) is 4.16. The summed E-state index contributed by atoms with van der Waals surface area (Å²) >= 11 is 1.74. The molecule has 0 radical (unpaired) electrons. The molecule has 29 heavy (non-hydrogen) atoms. The average molecular weight is 435 g/mol. The van der Waals surface area contributed by atoms with Crippen LogP contribution in [0.15, 0.2) is 48.5 Å². The summed E-state index contributed by atoms with van der Waals surface area (Å²) in [6, 6.07) is 14.7. The van der Waals surface area contributed by atoms with Crippen LogP contribution in [-0.2, 0) is 27.0 Å². The Balaban J connectivity index is 1.92. The van der Waals surface area contributed by atoms with Crippen LogP contribution in [0.3, 0.4) is 0 Å². The largest absolute Gasteiger partial charge is 0.353 e. The van der Waals surface area contributed by atoms with Crippen LogP contribution >= 0.6 is 11.8 Å². The Labute approximate surface area is 178 Å². The highest BCUT2D eigenvalue weighted by molar-refractivity contribution is 7.98. The van der Waals surface area contributed by atoms with Gasteiger partial charge in [-0.3, -0.25) is 9.10 Å². The van der Waals surface area contributed by atoms with Gasteiger partial charge in [0.2, 0.25) is 15.9 Å². The summed E-state index contributed by atoms with van der Waals surface area (Å²) in [6.45, 7) is 6.24. The van der Waals surface area contributed by atoms with Crippen LogP contribution in [0.1, 0.15) is 30.5 Å². The molecule has 2 aromatic carbocycles. The lowest BCUT2D eigenvalue weighted by atomic mass is 10.1. The second-order valence-electron chi connectivity index (χ2n) is 7.02. The lowest BCUT2D eigenvalue weighted by molar-refractivity contribution is -0.121. The lowest BCUT2D eigenvalue weighted by Gasteiger charge is -2.28. The smallest absolute Gasteiger partial charge is 0.243 e. The number of nitrogens with zero attached hydrogens (tertiary/aromatic N) is 1. The predicted molar refractivity (Wildman–Crippen MR) is 123 cm³/mol. The van der Waals surface area contributed by atoms with E-state index in [9.17, 15) is 13.2 Å². The van der Waals surface area contributed by atoms with Gasteiger partial charge in [-0.1, -0.05) is 43.3 Å². The molecule has 2 aromatic rings. The fourth-order valence-electron chi connectivity index (χ4n) is 3.04. The van der Waals surface area contributed by atoms with Crippen LogP contribution in [-0.4, -0.2) is 38.9 Å². The summed E-state index contributed by atoms with van der Waals surface area (Å²) < 4.78 is 25.9. The third-order valence-corrected chi connectivity index (χ3v) is 7.00. The van der Waals surface area contributed by atoms with Gasteiger partial charge < -0.3 is 5.32 Å². The molecule has 0 saturated carbocycles. The van der Waals surface area contributed by atoms with Crippen molar-refractivity contribution in [1.29, 1.82) is 0 Å². The van der Waals surface area contributed by atoms with Crippen molar-refractivity contribution >= 4 is 33.4 Å². The van der Waals surface area contributed by atoms with Gasteiger partial charge in [0.15, 0.2) is 0 Å². The maximum absolute atomic E-state index is 12.6. The molecule has 1 amide bonds. The maximum Gasteiger partial charge on any atom is 0.243 e. The van der Waals surface area contributed by atoms with E-state index in [1.165, 1.54) is 15.4 Å². The SMILES string of the molecule is CCc1ccc(N([C@@H](C)C(=O)NCCSCc2ccccc2C)S(C)(=O)=O)cc1. The molecular formula is C22H30N2O3S2. The minimum Gasteiger partial charge on any atom is -0.353 e. The number of anilines is 1. The van der Waals surface area contributed by atoms with Gasteiger partial charge in [0.05, 0.1) is 11.9 Å². The van der Waals surface area contributed by atoms with Gasteiger partial charge >= 0.3 is 0 Å². The van der Waals surface area contributed by atoms with Crippen molar-refractivity contribution in [2.75, 3.05) is 22.9 Å². The molecule has 0 bridgehead atoms. The zero-order valence-corrected chi connectivity index (χ0v) is 19.1. The summed E-state index contributed by atoms with van der Waals surface area (Å²) in [7, 11) is -3.59. The van der Waals surface area contributed by atoms with Gasteiger partial charge in [0.1, 0.15) is 6.04 Å². The highest BCUT2D eigenvalue weighted by Gasteiger charge is 2.28. The van der Waals surface area contributed by atoms with E-state index < -0.39 is 16.1 Å². The first-order valence-corrected chi connectivity index (χ1v) is 12.7. The molecule has 0 aromatic heterocycles. The van der Waals surface area contributed by atoms with Crippen molar-refractivity contribution in [2.45, 2.75) is 39.0 Å². The fourth-order valence-corrected chi connectivity index (χ4v) is 5.15. The quantitative estimate of drug-likeness (QED) is 0.578. The van der Waals surface area contributed by atoms with Gasteiger partial charge in [-0.05, 0) is 49.1 Å². The Morgan fingerprint density at radius 3 is 2.38 bits per heavy atom. The van der Waals surface area contributed by atoms with E-state index >= 15 is 0 Å². The van der Waals surface area contributed by atoms with Gasteiger partial charge in [-0.15, -0.1) is 0 Å². The maximum atomic E-state index is 12.6. The molecule has 2 rings (SSSR count). The van der Waals surface area contributed by atoms with Gasteiger partial charge in [0, 0.05) is 18.1 Å². The molecule has 1 N–H and O–H groups in total. The zero-order valence-electron chi connectivity index (χ0n) is 17.5. The van der Waals surface area contributed by atoms with Crippen LogP contribution in [0.2, 0.25) is 0 Å². The number of rotatable bonds is 10. The monoisotopic (exact) mass is 434 g/mol. The highest BCUT2D eigenvalue weighted by atomic mass is 32.2. The Bertz CT molecular complexity index is 912. The number of hydrogen-bond donors (Lipinski definition) is 1. The van der Waals surface area contributed by atoms with E-state index in [1.54, 1.807) is 30.8 Å². The predicted octanol–water partition coefficient (Wildman–Crippen LogP) is 3.76. The Morgan fingerprint density at radius 1 is 1.14 bits per heavy atom. The molecule has 158 valence electrons. The van der Waals surface area contributed by atoms with E-state index in [-0.39, 0.29) is 5.91 Å². The van der Waals surface area contributed by atoms with Gasteiger partial charge in [0.25, 0.3) is 0 Å².